The molecule has 1 saturated heterocycles. The second-order valence-corrected chi connectivity index (χ2v) is 4.31. The summed E-state index contributed by atoms with van der Waals surface area (Å²) in [7, 11) is 0. The van der Waals surface area contributed by atoms with Crippen molar-refractivity contribution in [2.75, 3.05) is 26.2 Å². The molecule has 1 aromatic heterocycles. The van der Waals surface area contributed by atoms with Gasteiger partial charge in [-0.25, -0.2) is 0 Å². The normalized spacial score (nSPS) is 20.6. The van der Waals surface area contributed by atoms with Gasteiger partial charge in [0.2, 0.25) is 0 Å². The molecular weight excluding hydrogens is 220 g/mol. The monoisotopic (exact) mass is 238 g/mol. The molecule has 17 heavy (non-hydrogen) atoms. The van der Waals surface area contributed by atoms with Gasteiger partial charge in [0, 0.05) is 19.6 Å². The van der Waals surface area contributed by atoms with E-state index >= 15 is 0 Å². The number of amides is 1. The minimum Gasteiger partial charge on any atom is -0.466 e. The zero-order valence-corrected chi connectivity index (χ0v) is 10.2. The van der Waals surface area contributed by atoms with Gasteiger partial charge >= 0.3 is 0 Å². The summed E-state index contributed by atoms with van der Waals surface area (Å²) < 4.78 is 10.8. The third-order valence-corrected chi connectivity index (χ3v) is 2.96. The molecule has 0 saturated carbocycles. The first-order chi connectivity index (χ1) is 8.11. The van der Waals surface area contributed by atoms with Crippen molar-refractivity contribution in [3.63, 3.8) is 0 Å². The van der Waals surface area contributed by atoms with Crippen LogP contribution >= 0.6 is 0 Å². The van der Waals surface area contributed by atoms with Crippen molar-refractivity contribution in [2.45, 2.75) is 20.0 Å². The van der Waals surface area contributed by atoms with Gasteiger partial charge in [-0.05, 0) is 19.9 Å². The molecule has 1 aliphatic heterocycles. The summed E-state index contributed by atoms with van der Waals surface area (Å²) in [5, 5.41) is 0. The van der Waals surface area contributed by atoms with Crippen LogP contribution in [0.1, 0.15) is 21.9 Å². The van der Waals surface area contributed by atoms with Gasteiger partial charge in [-0.15, -0.1) is 0 Å². The fourth-order valence-corrected chi connectivity index (χ4v) is 2.06. The molecular formula is C12H18N2O3. The van der Waals surface area contributed by atoms with Crippen LogP contribution in [-0.2, 0) is 4.74 Å². The lowest BCUT2D eigenvalue weighted by Crippen LogP contribution is -2.48. The number of rotatable bonds is 2. The van der Waals surface area contributed by atoms with Gasteiger partial charge in [0.15, 0.2) is 0 Å². The number of ether oxygens (including phenoxy) is 1. The third kappa shape index (κ3) is 2.50. The molecule has 1 aliphatic rings. The zero-order valence-electron chi connectivity index (χ0n) is 10.2. The van der Waals surface area contributed by atoms with Crippen LogP contribution in [0, 0.1) is 13.8 Å². The van der Waals surface area contributed by atoms with E-state index in [4.69, 9.17) is 14.9 Å². The average Bonchev–Trinajstić information content (AvgIpc) is 2.67. The van der Waals surface area contributed by atoms with Gasteiger partial charge in [-0.3, -0.25) is 4.79 Å². The highest BCUT2D eigenvalue weighted by Crippen LogP contribution is 2.17. The number of hydrogen-bond acceptors (Lipinski definition) is 4. The van der Waals surface area contributed by atoms with E-state index in [1.807, 2.05) is 6.92 Å². The maximum absolute atomic E-state index is 12.3. The Kier molecular flexibility index (Phi) is 3.49. The Bertz CT molecular complexity index is 414. The summed E-state index contributed by atoms with van der Waals surface area (Å²) in [5.41, 5.74) is 6.20. The molecule has 2 heterocycles. The lowest BCUT2D eigenvalue weighted by atomic mass is 10.2. The average molecular weight is 238 g/mol. The molecule has 1 atom stereocenters. The van der Waals surface area contributed by atoms with E-state index in [2.05, 4.69) is 0 Å². The second-order valence-electron chi connectivity index (χ2n) is 4.31. The Morgan fingerprint density at radius 3 is 2.94 bits per heavy atom. The zero-order chi connectivity index (χ0) is 12.4. The Labute approximate surface area is 101 Å². The highest BCUT2D eigenvalue weighted by molar-refractivity contribution is 5.95. The summed E-state index contributed by atoms with van der Waals surface area (Å²) in [6, 6.07) is 1.78. The van der Waals surface area contributed by atoms with Gasteiger partial charge in [0.1, 0.15) is 11.5 Å². The summed E-state index contributed by atoms with van der Waals surface area (Å²) in [6.45, 7) is 5.79. The predicted molar refractivity (Wildman–Crippen MR) is 62.9 cm³/mol. The molecule has 0 radical (unpaired) electrons. The van der Waals surface area contributed by atoms with E-state index in [1.54, 1.807) is 17.9 Å². The van der Waals surface area contributed by atoms with Gasteiger partial charge in [-0.2, -0.15) is 0 Å². The number of nitrogens with zero attached hydrogens (tertiary/aromatic N) is 1. The Morgan fingerprint density at radius 2 is 2.35 bits per heavy atom. The van der Waals surface area contributed by atoms with Crippen LogP contribution in [0.4, 0.5) is 0 Å². The van der Waals surface area contributed by atoms with Crippen LogP contribution in [0.5, 0.6) is 0 Å². The maximum atomic E-state index is 12.3. The number of carbonyl (C=O) groups is 1. The molecule has 5 heteroatoms. The van der Waals surface area contributed by atoms with Crippen molar-refractivity contribution in [3.05, 3.63) is 23.2 Å². The Morgan fingerprint density at radius 1 is 1.59 bits per heavy atom. The summed E-state index contributed by atoms with van der Waals surface area (Å²) >= 11 is 0. The fourth-order valence-electron chi connectivity index (χ4n) is 2.06. The molecule has 2 N–H and O–H groups in total. The molecule has 0 aliphatic carbocycles. The number of furan rings is 1. The molecule has 1 amide bonds. The first-order valence-corrected chi connectivity index (χ1v) is 5.79. The highest BCUT2D eigenvalue weighted by Gasteiger charge is 2.26. The van der Waals surface area contributed by atoms with Crippen LogP contribution in [0.2, 0.25) is 0 Å². The van der Waals surface area contributed by atoms with Crippen molar-refractivity contribution in [2.24, 2.45) is 5.73 Å². The van der Waals surface area contributed by atoms with E-state index in [9.17, 15) is 4.79 Å². The van der Waals surface area contributed by atoms with Crippen LogP contribution in [0.25, 0.3) is 0 Å². The van der Waals surface area contributed by atoms with Crippen LogP contribution in [0.15, 0.2) is 10.5 Å². The lowest BCUT2D eigenvalue weighted by molar-refractivity contribution is -0.0168. The number of carbonyl (C=O) groups excluding carboxylic acids is 1. The summed E-state index contributed by atoms with van der Waals surface area (Å²) in [5.74, 6) is 1.43. The number of morpholine rings is 1. The second kappa shape index (κ2) is 4.89. The van der Waals surface area contributed by atoms with Gasteiger partial charge in [0.05, 0.1) is 18.3 Å². The predicted octanol–water partition coefficient (Wildman–Crippen LogP) is 0.696. The molecule has 0 bridgehead atoms. The van der Waals surface area contributed by atoms with E-state index in [0.29, 0.717) is 37.6 Å². The first kappa shape index (κ1) is 12.1. The van der Waals surface area contributed by atoms with Crippen molar-refractivity contribution in [1.29, 1.82) is 0 Å². The minimum atomic E-state index is -0.0546. The van der Waals surface area contributed by atoms with E-state index < -0.39 is 0 Å². The number of hydrogen-bond donors (Lipinski definition) is 1. The lowest BCUT2D eigenvalue weighted by Gasteiger charge is -2.32. The third-order valence-electron chi connectivity index (χ3n) is 2.96. The molecule has 0 aromatic carbocycles. The molecule has 1 fully saturated rings. The maximum Gasteiger partial charge on any atom is 0.257 e. The molecule has 1 unspecified atom stereocenters. The Balaban J connectivity index is 2.12. The van der Waals surface area contributed by atoms with Crippen LogP contribution in [0.3, 0.4) is 0 Å². The van der Waals surface area contributed by atoms with Crippen molar-refractivity contribution in [1.82, 2.24) is 4.90 Å². The quantitative estimate of drug-likeness (QED) is 0.823. The molecule has 1 aromatic rings. The van der Waals surface area contributed by atoms with Crippen molar-refractivity contribution in [3.8, 4) is 0 Å². The Hall–Kier alpha value is -1.33. The van der Waals surface area contributed by atoms with Gasteiger partial charge in [0.25, 0.3) is 5.91 Å². The van der Waals surface area contributed by atoms with E-state index in [0.717, 1.165) is 5.76 Å². The van der Waals surface area contributed by atoms with Gasteiger partial charge in [-0.1, -0.05) is 0 Å². The van der Waals surface area contributed by atoms with Crippen molar-refractivity contribution < 1.29 is 13.9 Å². The van der Waals surface area contributed by atoms with Crippen LogP contribution < -0.4 is 5.73 Å². The SMILES string of the molecule is Cc1cc(C(=O)N2CCOC(CN)C2)c(C)o1. The minimum absolute atomic E-state index is 0.00102. The van der Waals surface area contributed by atoms with E-state index in [1.165, 1.54) is 0 Å². The summed E-state index contributed by atoms with van der Waals surface area (Å²) in [4.78, 5) is 14.0. The smallest absolute Gasteiger partial charge is 0.257 e. The standard InChI is InChI=1S/C12H18N2O3/c1-8-5-11(9(2)17-8)12(15)14-3-4-16-10(6-13)7-14/h5,10H,3-4,6-7,13H2,1-2H3. The van der Waals surface area contributed by atoms with Crippen LogP contribution in [-0.4, -0.2) is 43.2 Å². The number of aryl methyl sites for hydroxylation is 2. The van der Waals surface area contributed by atoms with Gasteiger partial charge < -0.3 is 19.8 Å². The molecule has 94 valence electrons. The molecule has 2 rings (SSSR count). The summed E-state index contributed by atoms with van der Waals surface area (Å²) in [6.07, 6.45) is -0.0546. The topological polar surface area (TPSA) is 68.7 Å². The molecule has 0 spiro atoms. The van der Waals surface area contributed by atoms with Crippen molar-refractivity contribution >= 4 is 5.91 Å². The molecule has 5 nitrogen and oxygen atoms in total. The highest BCUT2D eigenvalue weighted by atomic mass is 16.5. The first-order valence-electron chi connectivity index (χ1n) is 5.79. The fraction of sp³-hybridized carbons (Fsp3) is 0.583. The van der Waals surface area contributed by atoms with E-state index in [-0.39, 0.29) is 12.0 Å². The largest absolute Gasteiger partial charge is 0.466 e. The number of nitrogens with two attached hydrogens (primary N) is 1.